The van der Waals surface area contributed by atoms with E-state index in [2.05, 4.69) is 94.4 Å². The van der Waals surface area contributed by atoms with Crippen LogP contribution >= 0.6 is 11.8 Å². The number of nitrogens with zero attached hydrogens (tertiary/aromatic N) is 4. The monoisotopic (exact) mass is 666 g/mol. The van der Waals surface area contributed by atoms with E-state index in [9.17, 15) is 18.0 Å². The molecule has 1 fully saturated rings. The summed E-state index contributed by atoms with van der Waals surface area (Å²) in [5.74, 6) is 1.88. The number of carbonyl (C=O) groups excluding carboxylic acids is 1. The topological polar surface area (TPSA) is 84.3 Å². The zero-order valence-electron chi connectivity index (χ0n) is 27.0. The summed E-state index contributed by atoms with van der Waals surface area (Å²) in [5, 5.41) is 10.7. The minimum absolute atomic E-state index is 0.129. The van der Waals surface area contributed by atoms with Crippen molar-refractivity contribution < 1.29 is 22.7 Å². The third-order valence-corrected chi connectivity index (χ3v) is 9.43. The molecule has 5 rings (SSSR count). The summed E-state index contributed by atoms with van der Waals surface area (Å²) in [6, 6.07) is 22.1. The first-order valence-corrected chi connectivity index (χ1v) is 16.9. The van der Waals surface area contributed by atoms with Crippen LogP contribution in [0.25, 0.3) is 17.1 Å². The van der Waals surface area contributed by atoms with Crippen molar-refractivity contribution >= 4 is 23.5 Å². The molecule has 1 saturated heterocycles. The second kappa shape index (κ2) is 15.1. The number of hydrogen-bond donors (Lipinski definition) is 2. The number of para-hydroxylation sites is 1. The minimum Gasteiger partial charge on any atom is -0.406 e. The Morgan fingerprint density at radius 3 is 2.47 bits per heavy atom. The van der Waals surface area contributed by atoms with Crippen LogP contribution in [0.3, 0.4) is 0 Å². The maximum atomic E-state index is 12.9. The lowest BCUT2D eigenvalue weighted by Gasteiger charge is -2.43. The maximum Gasteiger partial charge on any atom is 0.573 e. The van der Waals surface area contributed by atoms with Gasteiger partial charge in [-0.05, 0) is 85.2 Å². The molecule has 0 spiro atoms. The van der Waals surface area contributed by atoms with Crippen molar-refractivity contribution in [1.82, 2.24) is 25.4 Å². The molecular weight excluding hydrogens is 625 g/mol. The van der Waals surface area contributed by atoms with Gasteiger partial charge in [0.05, 0.1) is 5.69 Å². The average molecular weight is 667 g/mol. The van der Waals surface area contributed by atoms with Crippen molar-refractivity contribution in [2.45, 2.75) is 76.7 Å². The van der Waals surface area contributed by atoms with E-state index in [1.165, 1.54) is 52.1 Å². The van der Waals surface area contributed by atoms with E-state index in [1.54, 1.807) is 11.8 Å². The van der Waals surface area contributed by atoms with E-state index in [1.807, 2.05) is 12.1 Å². The second-order valence-corrected chi connectivity index (χ2v) is 13.3. The molecular formula is C35H41F3N6O2S. The van der Waals surface area contributed by atoms with Crippen LogP contribution in [0.15, 0.2) is 79.1 Å². The highest BCUT2D eigenvalue weighted by atomic mass is 32.2. The predicted molar refractivity (Wildman–Crippen MR) is 181 cm³/mol. The number of amides is 2. The van der Waals surface area contributed by atoms with Gasteiger partial charge in [-0.25, -0.2) is 14.5 Å². The molecule has 0 saturated carbocycles. The normalized spacial score (nSPS) is 17.4. The molecule has 8 nitrogen and oxygen atoms in total. The third-order valence-electron chi connectivity index (χ3n) is 8.29. The van der Waals surface area contributed by atoms with Crippen LogP contribution in [0.1, 0.15) is 69.9 Å². The van der Waals surface area contributed by atoms with Gasteiger partial charge in [0.1, 0.15) is 12.1 Å². The molecule has 1 aliphatic heterocycles. The van der Waals surface area contributed by atoms with Gasteiger partial charge in [-0.15, -0.1) is 30.0 Å². The maximum absolute atomic E-state index is 12.9. The fraction of sp³-hybridized carbons (Fsp3) is 0.400. The first kappa shape index (κ1) is 34.2. The quantitative estimate of drug-likeness (QED) is 0.156. The number of urea groups is 1. The fourth-order valence-corrected chi connectivity index (χ4v) is 7.08. The lowest BCUT2D eigenvalue weighted by Crippen LogP contribution is -2.55. The number of aromatic nitrogens is 3. The number of halogens is 3. The smallest absolute Gasteiger partial charge is 0.406 e. The molecule has 2 heterocycles. The SMILES string of the molecule is CC(C)c1ccccc1N1C(C)CCSC1NC(=O)NCCCC(C)c1ccc(-c2ncn(-c3ccc(OC(F)(F)F)cc3)n2)cc1. The lowest BCUT2D eigenvalue weighted by molar-refractivity contribution is -0.274. The summed E-state index contributed by atoms with van der Waals surface area (Å²) in [5.41, 5.74) is 4.90. The molecule has 2 amide bonds. The van der Waals surface area contributed by atoms with Gasteiger partial charge in [0, 0.05) is 23.8 Å². The largest absolute Gasteiger partial charge is 0.573 e. The van der Waals surface area contributed by atoms with Gasteiger partial charge in [0.25, 0.3) is 0 Å². The van der Waals surface area contributed by atoms with Crippen molar-refractivity contribution in [1.29, 1.82) is 0 Å². The molecule has 1 aromatic heterocycles. The Bertz CT molecular complexity index is 1610. The Morgan fingerprint density at radius 1 is 1.04 bits per heavy atom. The number of anilines is 1. The molecule has 0 aliphatic carbocycles. The molecule has 4 aromatic rings. The summed E-state index contributed by atoms with van der Waals surface area (Å²) in [6.07, 6.45) is -0.413. The van der Waals surface area contributed by atoms with Gasteiger partial charge in [-0.2, -0.15) is 0 Å². The van der Waals surface area contributed by atoms with Crippen molar-refractivity contribution in [3.05, 3.63) is 90.3 Å². The van der Waals surface area contributed by atoms with Crippen molar-refractivity contribution in [3.8, 4) is 22.8 Å². The van der Waals surface area contributed by atoms with Gasteiger partial charge in [0.2, 0.25) is 0 Å². The first-order chi connectivity index (χ1) is 22.5. The van der Waals surface area contributed by atoms with E-state index in [0.717, 1.165) is 30.6 Å². The van der Waals surface area contributed by atoms with Gasteiger partial charge in [-0.3, -0.25) is 0 Å². The number of benzene rings is 3. The molecule has 3 aromatic carbocycles. The molecule has 0 radical (unpaired) electrons. The van der Waals surface area contributed by atoms with Crippen LogP contribution in [-0.2, 0) is 0 Å². The van der Waals surface area contributed by atoms with Crippen LogP contribution in [0.4, 0.5) is 23.7 Å². The summed E-state index contributed by atoms with van der Waals surface area (Å²) >= 11 is 1.77. The summed E-state index contributed by atoms with van der Waals surface area (Å²) < 4.78 is 42.7. The van der Waals surface area contributed by atoms with Gasteiger partial charge < -0.3 is 20.3 Å². The Balaban J connectivity index is 1.09. The van der Waals surface area contributed by atoms with Crippen LogP contribution < -0.4 is 20.3 Å². The van der Waals surface area contributed by atoms with Crippen molar-refractivity contribution in [3.63, 3.8) is 0 Å². The number of hydrogen-bond acceptors (Lipinski definition) is 6. The Kier molecular flexibility index (Phi) is 11.0. The molecule has 47 heavy (non-hydrogen) atoms. The van der Waals surface area contributed by atoms with Crippen LogP contribution in [0.5, 0.6) is 5.75 Å². The van der Waals surface area contributed by atoms with Gasteiger partial charge in [0.15, 0.2) is 11.3 Å². The van der Waals surface area contributed by atoms with E-state index < -0.39 is 6.36 Å². The van der Waals surface area contributed by atoms with Gasteiger partial charge >= 0.3 is 12.4 Å². The van der Waals surface area contributed by atoms with Gasteiger partial charge in [-0.1, -0.05) is 63.2 Å². The standard InChI is InChI=1S/C35H41F3N6O2S/c1-23(2)30-9-5-6-10-31(30)44-25(4)19-21-47-34(44)41-33(45)39-20-7-8-24(3)26-11-13-27(14-12-26)32-40-22-43(42-32)28-15-17-29(18-16-28)46-35(36,37)38/h5-6,9-18,22-25,34H,7-8,19-21H2,1-4H3,(H2,39,41,45). The second-order valence-electron chi connectivity index (χ2n) is 12.1. The van der Waals surface area contributed by atoms with Crippen LogP contribution in [0, 0.1) is 0 Å². The minimum atomic E-state index is -4.74. The average Bonchev–Trinajstić information content (AvgIpc) is 3.53. The lowest BCUT2D eigenvalue weighted by atomic mass is 9.95. The third kappa shape index (κ3) is 9.00. The Hall–Kier alpha value is -4.19. The summed E-state index contributed by atoms with van der Waals surface area (Å²) in [4.78, 5) is 19.7. The number of carbonyl (C=O) groups is 1. The fourth-order valence-electron chi connectivity index (χ4n) is 5.71. The zero-order valence-corrected chi connectivity index (χ0v) is 27.8. The molecule has 2 N–H and O–H groups in total. The number of nitrogens with one attached hydrogen (secondary N) is 2. The highest BCUT2D eigenvalue weighted by Crippen LogP contribution is 2.36. The number of thioether (sulfide) groups is 1. The molecule has 250 valence electrons. The number of rotatable bonds is 11. The van der Waals surface area contributed by atoms with E-state index in [-0.39, 0.29) is 23.2 Å². The zero-order chi connectivity index (χ0) is 33.6. The highest BCUT2D eigenvalue weighted by molar-refractivity contribution is 8.00. The summed E-state index contributed by atoms with van der Waals surface area (Å²) in [6.45, 7) is 9.37. The molecule has 12 heteroatoms. The van der Waals surface area contributed by atoms with E-state index in [0.29, 0.717) is 30.0 Å². The van der Waals surface area contributed by atoms with Crippen molar-refractivity contribution in [2.24, 2.45) is 0 Å². The molecule has 3 unspecified atom stereocenters. The molecule has 3 atom stereocenters. The highest BCUT2D eigenvalue weighted by Gasteiger charge is 2.32. The van der Waals surface area contributed by atoms with E-state index >= 15 is 0 Å². The van der Waals surface area contributed by atoms with Crippen LogP contribution in [-0.4, -0.2) is 51.0 Å². The molecule has 1 aliphatic rings. The van der Waals surface area contributed by atoms with Crippen molar-refractivity contribution in [2.75, 3.05) is 17.2 Å². The first-order valence-electron chi connectivity index (χ1n) is 15.9. The Morgan fingerprint density at radius 2 is 1.77 bits per heavy atom. The Labute approximate surface area is 278 Å². The number of alkyl halides is 3. The predicted octanol–water partition coefficient (Wildman–Crippen LogP) is 8.45. The van der Waals surface area contributed by atoms with Crippen LogP contribution in [0.2, 0.25) is 0 Å². The number of ether oxygens (including phenoxy) is 1. The summed E-state index contributed by atoms with van der Waals surface area (Å²) in [7, 11) is 0. The molecule has 0 bridgehead atoms. The van der Waals surface area contributed by atoms with E-state index in [4.69, 9.17) is 0 Å².